The molecule has 0 aliphatic carbocycles. The lowest BCUT2D eigenvalue weighted by Crippen LogP contribution is -2.22. The zero-order chi connectivity index (χ0) is 12.3. The van der Waals surface area contributed by atoms with Gasteiger partial charge in [0, 0.05) is 6.54 Å². The van der Waals surface area contributed by atoms with E-state index >= 15 is 0 Å². The maximum absolute atomic E-state index is 11.6. The monoisotopic (exact) mass is 229 g/mol. The third-order valence-corrected chi connectivity index (χ3v) is 2.77. The average Bonchev–Trinajstić information content (AvgIpc) is 2.84. The van der Waals surface area contributed by atoms with Crippen LogP contribution in [0.4, 0.5) is 0 Å². The molecule has 0 saturated carbocycles. The van der Waals surface area contributed by atoms with E-state index in [0.717, 1.165) is 5.56 Å². The van der Waals surface area contributed by atoms with Gasteiger partial charge in [-0.1, -0.05) is 18.2 Å². The zero-order valence-electron chi connectivity index (χ0n) is 9.99. The maximum Gasteiger partial charge on any atom is 0.287 e. The van der Waals surface area contributed by atoms with Gasteiger partial charge in [0.2, 0.25) is 0 Å². The molecule has 0 atom stereocenters. The van der Waals surface area contributed by atoms with Gasteiger partial charge in [0.05, 0.1) is 6.26 Å². The van der Waals surface area contributed by atoms with E-state index in [9.17, 15) is 4.79 Å². The fourth-order valence-electron chi connectivity index (χ4n) is 1.59. The third kappa shape index (κ3) is 2.75. The summed E-state index contributed by atoms with van der Waals surface area (Å²) in [6, 6.07) is 9.51. The fourth-order valence-corrected chi connectivity index (χ4v) is 1.59. The first kappa shape index (κ1) is 11.5. The predicted octanol–water partition coefficient (Wildman–Crippen LogP) is 2.83. The van der Waals surface area contributed by atoms with Crippen LogP contribution in [0.5, 0.6) is 0 Å². The van der Waals surface area contributed by atoms with Crippen molar-refractivity contribution >= 4 is 5.91 Å². The Hall–Kier alpha value is -2.03. The Balaban J connectivity index is 1.98. The quantitative estimate of drug-likeness (QED) is 0.879. The highest BCUT2D eigenvalue weighted by molar-refractivity contribution is 5.91. The Morgan fingerprint density at radius 2 is 2.06 bits per heavy atom. The van der Waals surface area contributed by atoms with Crippen LogP contribution in [0.15, 0.2) is 41.0 Å². The number of carbonyl (C=O) groups excluding carboxylic acids is 1. The van der Waals surface area contributed by atoms with Crippen molar-refractivity contribution in [2.24, 2.45) is 0 Å². The first-order valence-electron chi connectivity index (χ1n) is 5.54. The van der Waals surface area contributed by atoms with E-state index < -0.39 is 0 Å². The Morgan fingerprint density at radius 1 is 1.24 bits per heavy atom. The standard InChI is InChI=1S/C14H15NO2/c1-10-5-6-12(8-11(10)2)9-15-14(16)13-4-3-7-17-13/h3-8H,9H2,1-2H3,(H,15,16). The largest absolute Gasteiger partial charge is 0.459 e. The number of furan rings is 1. The normalized spacial score (nSPS) is 10.2. The van der Waals surface area contributed by atoms with Gasteiger partial charge in [-0.15, -0.1) is 0 Å². The lowest BCUT2D eigenvalue weighted by Gasteiger charge is -2.06. The molecule has 17 heavy (non-hydrogen) atoms. The minimum atomic E-state index is -0.187. The second kappa shape index (κ2) is 4.87. The molecular formula is C14H15NO2. The summed E-state index contributed by atoms with van der Waals surface area (Å²) in [4.78, 5) is 11.6. The van der Waals surface area contributed by atoms with Crippen LogP contribution in [0.3, 0.4) is 0 Å². The minimum absolute atomic E-state index is 0.187. The predicted molar refractivity (Wildman–Crippen MR) is 65.8 cm³/mol. The highest BCUT2D eigenvalue weighted by atomic mass is 16.3. The van der Waals surface area contributed by atoms with Crippen molar-refractivity contribution in [2.75, 3.05) is 0 Å². The Kier molecular flexibility index (Phi) is 3.28. The number of rotatable bonds is 3. The molecule has 0 aliphatic rings. The second-order valence-corrected chi connectivity index (χ2v) is 4.08. The van der Waals surface area contributed by atoms with Gasteiger partial charge in [0.1, 0.15) is 0 Å². The molecule has 0 bridgehead atoms. The van der Waals surface area contributed by atoms with E-state index in [-0.39, 0.29) is 5.91 Å². The molecule has 88 valence electrons. The number of carbonyl (C=O) groups is 1. The van der Waals surface area contributed by atoms with Crippen molar-refractivity contribution in [1.29, 1.82) is 0 Å². The number of hydrogen-bond acceptors (Lipinski definition) is 2. The molecule has 1 N–H and O–H groups in total. The second-order valence-electron chi connectivity index (χ2n) is 4.08. The number of nitrogens with one attached hydrogen (secondary N) is 1. The molecule has 0 aliphatic heterocycles. The van der Waals surface area contributed by atoms with Gasteiger partial charge in [0.15, 0.2) is 5.76 Å². The van der Waals surface area contributed by atoms with Crippen LogP contribution in [-0.2, 0) is 6.54 Å². The first-order chi connectivity index (χ1) is 8.16. The first-order valence-corrected chi connectivity index (χ1v) is 5.54. The minimum Gasteiger partial charge on any atom is -0.459 e. The van der Waals surface area contributed by atoms with Crippen LogP contribution in [0.1, 0.15) is 27.2 Å². The molecule has 1 amide bonds. The van der Waals surface area contributed by atoms with Gasteiger partial charge in [-0.05, 0) is 42.7 Å². The average molecular weight is 229 g/mol. The molecule has 0 saturated heterocycles. The van der Waals surface area contributed by atoms with Crippen LogP contribution in [0, 0.1) is 13.8 Å². The number of benzene rings is 1. The summed E-state index contributed by atoms with van der Waals surface area (Å²) in [7, 11) is 0. The third-order valence-electron chi connectivity index (χ3n) is 2.77. The van der Waals surface area contributed by atoms with Crippen molar-refractivity contribution in [2.45, 2.75) is 20.4 Å². The molecular weight excluding hydrogens is 214 g/mol. The fraction of sp³-hybridized carbons (Fsp3) is 0.214. The van der Waals surface area contributed by atoms with Gasteiger partial charge in [0.25, 0.3) is 5.91 Å². The van der Waals surface area contributed by atoms with Crippen molar-refractivity contribution in [1.82, 2.24) is 5.32 Å². The number of hydrogen-bond donors (Lipinski definition) is 1. The van der Waals surface area contributed by atoms with Crippen molar-refractivity contribution in [3.8, 4) is 0 Å². The lowest BCUT2D eigenvalue weighted by molar-refractivity contribution is 0.0923. The van der Waals surface area contributed by atoms with Gasteiger partial charge >= 0.3 is 0 Å². The Labute approximate surface area is 100 Å². The number of amides is 1. The molecule has 3 heteroatoms. The number of aryl methyl sites for hydroxylation is 2. The zero-order valence-corrected chi connectivity index (χ0v) is 9.99. The topological polar surface area (TPSA) is 42.2 Å². The summed E-state index contributed by atoms with van der Waals surface area (Å²) < 4.78 is 5.01. The highest BCUT2D eigenvalue weighted by Crippen LogP contribution is 2.09. The molecule has 0 unspecified atom stereocenters. The maximum atomic E-state index is 11.6. The van der Waals surface area contributed by atoms with Crippen LogP contribution in [0.25, 0.3) is 0 Å². The van der Waals surface area contributed by atoms with Crippen molar-refractivity contribution in [3.05, 3.63) is 59.0 Å². The molecule has 1 heterocycles. The molecule has 1 aromatic heterocycles. The van der Waals surface area contributed by atoms with Gasteiger partial charge in [-0.25, -0.2) is 0 Å². The van der Waals surface area contributed by atoms with E-state index in [1.54, 1.807) is 12.1 Å². The summed E-state index contributed by atoms with van der Waals surface area (Å²) in [5.74, 6) is 0.155. The Morgan fingerprint density at radius 3 is 2.71 bits per heavy atom. The van der Waals surface area contributed by atoms with Crippen LogP contribution in [-0.4, -0.2) is 5.91 Å². The van der Waals surface area contributed by atoms with Crippen LogP contribution < -0.4 is 5.32 Å². The molecule has 0 radical (unpaired) electrons. The highest BCUT2D eigenvalue weighted by Gasteiger charge is 2.07. The summed E-state index contributed by atoms with van der Waals surface area (Å²) in [5.41, 5.74) is 3.58. The Bertz CT molecular complexity index is 515. The molecule has 2 aromatic rings. The summed E-state index contributed by atoms with van der Waals surface area (Å²) in [5, 5.41) is 2.82. The summed E-state index contributed by atoms with van der Waals surface area (Å²) >= 11 is 0. The van der Waals surface area contributed by atoms with E-state index in [1.165, 1.54) is 17.4 Å². The van der Waals surface area contributed by atoms with E-state index in [2.05, 4.69) is 31.3 Å². The van der Waals surface area contributed by atoms with Crippen molar-refractivity contribution < 1.29 is 9.21 Å². The summed E-state index contributed by atoms with van der Waals surface area (Å²) in [6.07, 6.45) is 1.49. The molecule has 2 rings (SSSR count). The molecule has 0 spiro atoms. The SMILES string of the molecule is Cc1ccc(CNC(=O)c2ccco2)cc1C. The molecule has 3 nitrogen and oxygen atoms in total. The van der Waals surface area contributed by atoms with Crippen LogP contribution >= 0.6 is 0 Å². The van der Waals surface area contributed by atoms with Gasteiger partial charge in [-0.2, -0.15) is 0 Å². The summed E-state index contributed by atoms with van der Waals surface area (Å²) in [6.45, 7) is 4.65. The lowest BCUT2D eigenvalue weighted by atomic mass is 10.1. The smallest absolute Gasteiger partial charge is 0.287 e. The van der Waals surface area contributed by atoms with Crippen LogP contribution in [0.2, 0.25) is 0 Å². The van der Waals surface area contributed by atoms with Gasteiger partial charge < -0.3 is 9.73 Å². The molecule has 0 fully saturated rings. The van der Waals surface area contributed by atoms with E-state index in [0.29, 0.717) is 12.3 Å². The van der Waals surface area contributed by atoms with E-state index in [4.69, 9.17) is 4.42 Å². The molecule has 1 aromatic carbocycles. The van der Waals surface area contributed by atoms with Gasteiger partial charge in [-0.3, -0.25) is 4.79 Å². The van der Waals surface area contributed by atoms with Crippen molar-refractivity contribution in [3.63, 3.8) is 0 Å². The van der Waals surface area contributed by atoms with E-state index in [1.807, 2.05) is 6.07 Å².